The molecule has 2 aromatic heterocycles. The van der Waals surface area contributed by atoms with Crippen LogP contribution in [0.15, 0.2) is 288 Å². The molecule has 0 amide bonds. The van der Waals surface area contributed by atoms with E-state index in [9.17, 15) is 0 Å². The number of benzene rings is 14. The van der Waals surface area contributed by atoms with Crippen molar-refractivity contribution in [2.45, 2.75) is 0 Å². The van der Waals surface area contributed by atoms with Gasteiger partial charge in [-0.1, -0.05) is 218 Å². The second-order valence-electron chi connectivity index (χ2n) is 20.7. The van der Waals surface area contributed by atoms with Gasteiger partial charge in [0.1, 0.15) is 11.2 Å². The number of rotatable bonds is 7. The van der Waals surface area contributed by atoms with E-state index < -0.39 is 0 Å². The molecule has 0 aliphatic carbocycles. The predicted octanol–water partition coefficient (Wildman–Crippen LogP) is 21.8. The summed E-state index contributed by atoms with van der Waals surface area (Å²) in [5.41, 5.74) is 18.4. The van der Waals surface area contributed by atoms with Crippen molar-refractivity contribution in [1.29, 1.82) is 0 Å². The second kappa shape index (κ2) is 17.7. The molecule has 0 saturated carbocycles. The van der Waals surface area contributed by atoms with Crippen LogP contribution in [-0.4, -0.2) is 0 Å². The second-order valence-corrected chi connectivity index (χ2v) is 20.7. The third kappa shape index (κ3) is 7.04. The fraction of sp³-hybridized carbons (Fsp3) is 0. The van der Waals surface area contributed by atoms with E-state index >= 15 is 0 Å². The fourth-order valence-electron chi connectivity index (χ4n) is 12.7. The Morgan fingerprint density at radius 1 is 0.179 bits per heavy atom. The average molecular weight is 991 g/mol. The van der Waals surface area contributed by atoms with E-state index in [1.165, 1.54) is 120 Å². The van der Waals surface area contributed by atoms with Gasteiger partial charge in [0.15, 0.2) is 0 Å². The first kappa shape index (κ1) is 44.1. The lowest BCUT2D eigenvalue weighted by Crippen LogP contribution is -1.91. The third-order valence-electron chi connectivity index (χ3n) is 16.3. The first-order chi connectivity index (χ1) is 38.7. The molecule has 2 heterocycles. The van der Waals surface area contributed by atoms with Gasteiger partial charge < -0.3 is 8.83 Å². The largest absolute Gasteiger partial charge is 0.464 e. The Balaban J connectivity index is 0.755. The lowest BCUT2D eigenvalue weighted by molar-refractivity contribution is 0.616. The summed E-state index contributed by atoms with van der Waals surface area (Å²) >= 11 is 0. The van der Waals surface area contributed by atoms with Crippen molar-refractivity contribution in [3.05, 3.63) is 279 Å². The van der Waals surface area contributed by atoms with Crippen molar-refractivity contribution in [3.63, 3.8) is 0 Å². The molecule has 2 nitrogen and oxygen atoms in total. The van der Waals surface area contributed by atoms with Crippen LogP contribution in [0.1, 0.15) is 0 Å². The fourth-order valence-corrected chi connectivity index (χ4v) is 12.7. The summed E-state index contributed by atoms with van der Waals surface area (Å²) in [6.07, 6.45) is 3.77. The molecule has 362 valence electrons. The quantitative estimate of drug-likeness (QED) is 0.149. The molecular weight excluding hydrogens is 945 g/mol. The predicted molar refractivity (Wildman–Crippen MR) is 329 cm³/mol. The van der Waals surface area contributed by atoms with Crippen LogP contribution in [0.3, 0.4) is 0 Å². The molecule has 0 saturated heterocycles. The monoisotopic (exact) mass is 990 g/mol. The van der Waals surface area contributed by atoms with E-state index in [0.717, 1.165) is 44.2 Å². The van der Waals surface area contributed by atoms with Crippen LogP contribution < -0.4 is 0 Å². The number of fused-ring (bicyclic) bond motifs is 8. The van der Waals surface area contributed by atoms with Gasteiger partial charge in [-0.3, -0.25) is 0 Å². The Morgan fingerprint density at radius 3 is 0.756 bits per heavy atom. The highest BCUT2D eigenvalue weighted by atomic mass is 16.3. The summed E-state index contributed by atoms with van der Waals surface area (Å²) in [6.45, 7) is 0. The molecule has 16 aromatic rings. The minimum Gasteiger partial charge on any atom is -0.464 e. The van der Waals surface area contributed by atoms with Crippen molar-refractivity contribution in [2.24, 2.45) is 0 Å². The molecular formula is C76H46O2. The zero-order chi connectivity index (χ0) is 51.3. The Labute approximate surface area is 450 Å². The van der Waals surface area contributed by atoms with Gasteiger partial charge in [0, 0.05) is 21.9 Å². The van der Waals surface area contributed by atoms with Crippen molar-refractivity contribution < 1.29 is 8.83 Å². The lowest BCUT2D eigenvalue weighted by atomic mass is 9.85. The Hall–Kier alpha value is -10.3. The van der Waals surface area contributed by atoms with Crippen molar-refractivity contribution in [3.8, 4) is 77.9 Å². The summed E-state index contributed by atoms with van der Waals surface area (Å²) in [4.78, 5) is 0. The standard InChI is InChI=1S/C76H46O2/c1-3-15-47(16-4-1)69-45-77-71-37-35-57(43-67(69)71)75-63-23-11-7-19-59(63)73(60-20-8-12-24-64(60)75)55-33-31-51-39-49(27-29-53(51)41-55)50-28-30-54-42-56(34-32-52(54)40-50)74-61-21-9-13-25-65(61)76(66-26-14-10-22-62(66)74)58-36-38-72-68(44-58)70(46-78-72)48-17-5-2-6-18-48/h1-46H. The summed E-state index contributed by atoms with van der Waals surface area (Å²) in [5, 5.41) is 16.9. The lowest BCUT2D eigenvalue weighted by Gasteiger charge is -2.18. The average Bonchev–Trinajstić information content (AvgIpc) is 4.24. The summed E-state index contributed by atoms with van der Waals surface area (Å²) in [6, 6.07) is 97.7. The van der Waals surface area contributed by atoms with Crippen LogP contribution in [-0.2, 0) is 0 Å². The van der Waals surface area contributed by atoms with Gasteiger partial charge in [0.25, 0.3) is 0 Å². The molecule has 2 heteroatoms. The summed E-state index contributed by atoms with van der Waals surface area (Å²) in [7, 11) is 0. The van der Waals surface area contributed by atoms with Crippen molar-refractivity contribution in [1.82, 2.24) is 0 Å². The van der Waals surface area contributed by atoms with E-state index in [1.807, 2.05) is 12.5 Å². The molecule has 0 atom stereocenters. The zero-order valence-electron chi connectivity index (χ0n) is 42.4. The van der Waals surface area contributed by atoms with Gasteiger partial charge in [-0.05, 0) is 180 Å². The maximum absolute atomic E-state index is 6.10. The Kier molecular flexibility index (Phi) is 9.98. The molecule has 78 heavy (non-hydrogen) atoms. The van der Waals surface area contributed by atoms with Crippen LogP contribution in [0.25, 0.3) is 164 Å². The molecule has 0 unspecified atom stereocenters. The number of hydrogen-bond donors (Lipinski definition) is 0. The number of furan rings is 2. The summed E-state index contributed by atoms with van der Waals surface area (Å²) < 4.78 is 12.2. The first-order valence-corrected chi connectivity index (χ1v) is 26.8. The Bertz CT molecular complexity index is 4640. The van der Waals surface area contributed by atoms with Gasteiger partial charge >= 0.3 is 0 Å². The molecule has 0 aliphatic heterocycles. The van der Waals surface area contributed by atoms with Crippen molar-refractivity contribution >= 4 is 86.6 Å². The molecule has 0 spiro atoms. The van der Waals surface area contributed by atoms with Gasteiger partial charge in [-0.2, -0.15) is 0 Å². The van der Waals surface area contributed by atoms with E-state index in [1.54, 1.807) is 0 Å². The van der Waals surface area contributed by atoms with Crippen LogP contribution in [0.5, 0.6) is 0 Å². The highest BCUT2D eigenvalue weighted by molar-refractivity contribution is 6.24. The van der Waals surface area contributed by atoms with Gasteiger partial charge in [-0.15, -0.1) is 0 Å². The smallest absolute Gasteiger partial charge is 0.134 e. The topological polar surface area (TPSA) is 26.3 Å². The molecule has 0 aliphatic rings. The maximum Gasteiger partial charge on any atom is 0.134 e. The van der Waals surface area contributed by atoms with Crippen LogP contribution in [0.2, 0.25) is 0 Å². The van der Waals surface area contributed by atoms with Gasteiger partial charge in [0.05, 0.1) is 12.5 Å². The minimum absolute atomic E-state index is 0.886. The highest BCUT2D eigenvalue weighted by Gasteiger charge is 2.21. The van der Waals surface area contributed by atoms with E-state index in [0.29, 0.717) is 0 Å². The molecule has 0 radical (unpaired) electrons. The third-order valence-corrected chi connectivity index (χ3v) is 16.3. The highest BCUT2D eigenvalue weighted by Crippen LogP contribution is 2.48. The van der Waals surface area contributed by atoms with E-state index in [2.05, 4.69) is 267 Å². The van der Waals surface area contributed by atoms with E-state index in [4.69, 9.17) is 8.83 Å². The Morgan fingerprint density at radius 2 is 0.436 bits per heavy atom. The first-order valence-electron chi connectivity index (χ1n) is 26.8. The van der Waals surface area contributed by atoms with Crippen LogP contribution in [0.4, 0.5) is 0 Å². The molecule has 0 bridgehead atoms. The molecule has 16 rings (SSSR count). The zero-order valence-corrected chi connectivity index (χ0v) is 42.4. The van der Waals surface area contributed by atoms with E-state index in [-0.39, 0.29) is 0 Å². The van der Waals surface area contributed by atoms with Crippen LogP contribution in [0, 0.1) is 0 Å². The minimum atomic E-state index is 0.886. The maximum atomic E-state index is 6.10. The molecule has 0 N–H and O–H groups in total. The van der Waals surface area contributed by atoms with Gasteiger partial charge in [0.2, 0.25) is 0 Å². The SMILES string of the molecule is c1ccc(-c2coc3ccc(-c4c5ccccc5c(-c5ccc6cc(-c7ccc8cc(-c9c%10ccccc%10c(-c%10ccc%11occ(-c%12ccccc%12)c%11c%10)c%10ccccc9%10)ccc8c7)ccc6c5)c5ccccc45)cc23)cc1. The summed E-state index contributed by atoms with van der Waals surface area (Å²) in [5.74, 6) is 0. The number of hydrogen-bond acceptors (Lipinski definition) is 2. The molecule has 14 aromatic carbocycles. The van der Waals surface area contributed by atoms with Gasteiger partial charge in [-0.25, -0.2) is 0 Å². The van der Waals surface area contributed by atoms with Crippen molar-refractivity contribution in [2.75, 3.05) is 0 Å². The normalized spacial score (nSPS) is 11.8. The van der Waals surface area contributed by atoms with Crippen LogP contribution >= 0.6 is 0 Å². The molecule has 0 fully saturated rings.